The normalized spacial score (nSPS) is 15.9. The fourth-order valence-corrected chi connectivity index (χ4v) is 2.83. The highest BCUT2D eigenvalue weighted by atomic mass is 79.9. The molecule has 6 heteroatoms. The van der Waals surface area contributed by atoms with Gasteiger partial charge in [-0.2, -0.15) is 0 Å². The van der Waals surface area contributed by atoms with Gasteiger partial charge in [-0.3, -0.25) is 0 Å². The predicted molar refractivity (Wildman–Crippen MR) is 96.5 cm³/mol. The molecule has 0 radical (unpaired) electrons. The van der Waals surface area contributed by atoms with E-state index in [4.69, 9.17) is 4.74 Å². The molecule has 0 saturated heterocycles. The summed E-state index contributed by atoms with van der Waals surface area (Å²) in [7, 11) is 0. The van der Waals surface area contributed by atoms with Crippen LogP contribution in [0.4, 0.5) is 9.18 Å². The van der Waals surface area contributed by atoms with E-state index < -0.39 is 5.60 Å². The number of hydrogen-bond donors (Lipinski definition) is 1. The smallest absolute Gasteiger partial charge is 0.410 e. The van der Waals surface area contributed by atoms with E-state index in [1.165, 1.54) is 6.07 Å². The van der Waals surface area contributed by atoms with Crippen molar-refractivity contribution in [2.45, 2.75) is 58.2 Å². The first kappa shape index (κ1) is 19.2. The number of nitrogens with one attached hydrogen (secondary N) is 1. The molecular weight excluding hydrogens is 375 g/mol. The molecule has 0 aromatic heterocycles. The van der Waals surface area contributed by atoms with Crippen molar-refractivity contribution >= 4 is 22.0 Å². The van der Waals surface area contributed by atoms with Gasteiger partial charge in [0.15, 0.2) is 0 Å². The number of amides is 1. The molecule has 1 unspecified atom stereocenters. The zero-order chi connectivity index (χ0) is 17.9. The topological polar surface area (TPSA) is 41.6 Å². The van der Waals surface area contributed by atoms with Gasteiger partial charge in [-0.25, -0.2) is 9.18 Å². The lowest BCUT2D eigenvalue weighted by Crippen LogP contribution is -2.42. The third-order valence-electron chi connectivity index (χ3n) is 3.86. The van der Waals surface area contributed by atoms with Crippen LogP contribution in [-0.4, -0.2) is 35.7 Å². The minimum absolute atomic E-state index is 0.0709. The maximum atomic E-state index is 13.3. The van der Waals surface area contributed by atoms with Gasteiger partial charge in [0.2, 0.25) is 0 Å². The Kier molecular flexibility index (Phi) is 6.26. The number of hydrogen-bond acceptors (Lipinski definition) is 3. The fraction of sp³-hybridized carbons (Fsp3) is 0.611. The Morgan fingerprint density at radius 3 is 2.67 bits per heavy atom. The maximum absolute atomic E-state index is 13.3. The van der Waals surface area contributed by atoms with Crippen molar-refractivity contribution in [1.82, 2.24) is 10.2 Å². The van der Waals surface area contributed by atoms with Crippen LogP contribution in [0.1, 0.15) is 52.1 Å². The summed E-state index contributed by atoms with van der Waals surface area (Å²) in [5.41, 5.74) is 0.518. The Labute approximate surface area is 151 Å². The number of halogens is 2. The first-order valence-electron chi connectivity index (χ1n) is 8.35. The zero-order valence-electron chi connectivity index (χ0n) is 14.7. The summed E-state index contributed by atoms with van der Waals surface area (Å²) in [4.78, 5) is 14.1. The van der Waals surface area contributed by atoms with Gasteiger partial charge in [-0.15, -0.1) is 0 Å². The quantitative estimate of drug-likeness (QED) is 0.755. The lowest BCUT2D eigenvalue weighted by Gasteiger charge is -2.28. The molecule has 134 valence electrons. The van der Waals surface area contributed by atoms with E-state index in [1.54, 1.807) is 12.1 Å². The molecule has 0 spiro atoms. The van der Waals surface area contributed by atoms with Crippen molar-refractivity contribution in [3.63, 3.8) is 0 Å². The average Bonchev–Trinajstić information content (AvgIpc) is 3.28. The van der Waals surface area contributed by atoms with E-state index >= 15 is 0 Å². The van der Waals surface area contributed by atoms with Crippen molar-refractivity contribution in [1.29, 1.82) is 0 Å². The van der Waals surface area contributed by atoms with Crippen molar-refractivity contribution in [2.24, 2.45) is 0 Å². The van der Waals surface area contributed by atoms with E-state index in [1.807, 2.05) is 32.6 Å². The van der Waals surface area contributed by atoms with E-state index in [2.05, 4.69) is 21.2 Å². The van der Waals surface area contributed by atoms with Gasteiger partial charge in [-0.1, -0.05) is 6.07 Å². The van der Waals surface area contributed by atoms with Gasteiger partial charge < -0.3 is 15.0 Å². The summed E-state index contributed by atoms with van der Waals surface area (Å²) in [5, 5.41) is 3.38. The van der Waals surface area contributed by atoms with Crippen LogP contribution in [0.2, 0.25) is 0 Å². The van der Waals surface area contributed by atoms with Crippen LogP contribution in [0.25, 0.3) is 0 Å². The molecule has 1 aliphatic rings. The first-order chi connectivity index (χ1) is 11.2. The molecule has 1 aliphatic carbocycles. The molecule has 24 heavy (non-hydrogen) atoms. The molecule has 1 atom stereocenters. The van der Waals surface area contributed by atoms with Gasteiger partial charge in [0.05, 0.1) is 4.47 Å². The largest absolute Gasteiger partial charge is 0.444 e. The van der Waals surface area contributed by atoms with Crippen molar-refractivity contribution in [2.75, 3.05) is 13.1 Å². The van der Waals surface area contributed by atoms with Gasteiger partial charge in [0.1, 0.15) is 11.4 Å². The highest BCUT2D eigenvalue weighted by Gasteiger charge is 2.34. The molecule has 1 N–H and O–H groups in total. The highest BCUT2D eigenvalue weighted by molar-refractivity contribution is 9.10. The third-order valence-corrected chi connectivity index (χ3v) is 4.47. The molecule has 4 nitrogen and oxygen atoms in total. The van der Waals surface area contributed by atoms with Gasteiger partial charge in [0, 0.05) is 25.2 Å². The summed E-state index contributed by atoms with van der Waals surface area (Å²) < 4.78 is 19.3. The molecule has 1 saturated carbocycles. The SMILES string of the molecule is CC(NCCN(C(=O)OC(C)(C)C)C1CC1)c1ccc(F)c(Br)c1. The minimum atomic E-state index is -0.481. The van der Waals surface area contributed by atoms with E-state index in [9.17, 15) is 9.18 Å². The summed E-state index contributed by atoms with van der Waals surface area (Å²) in [5.74, 6) is -0.268. The lowest BCUT2D eigenvalue weighted by molar-refractivity contribution is 0.0235. The second-order valence-electron chi connectivity index (χ2n) is 7.25. The summed E-state index contributed by atoms with van der Waals surface area (Å²) in [6.07, 6.45) is 1.84. The Balaban J connectivity index is 1.86. The van der Waals surface area contributed by atoms with Crippen LogP contribution in [0.5, 0.6) is 0 Å². The zero-order valence-corrected chi connectivity index (χ0v) is 16.3. The molecule has 0 heterocycles. The van der Waals surface area contributed by atoms with Gasteiger partial charge >= 0.3 is 6.09 Å². The van der Waals surface area contributed by atoms with Crippen LogP contribution < -0.4 is 5.32 Å². The van der Waals surface area contributed by atoms with Crippen LogP contribution in [0.15, 0.2) is 22.7 Å². The van der Waals surface area contributed by atoms with Crippen molar-refractivity contribution in [3.8, 4) is 0 Å². The standard InChI is InChI=1S/C18H26BrFN2O2/c1-12(13-5-8-16(20)15(19)11-13)21-9-10-22(14-6-7-14)17(23)24-18(2,3)4/h5,8,11-12,14,21H,6-7,9-10H2,1-4H3. The molecule has 1 aromatic carbocycles. The Bertz CT molecular complexity index is 585. The van der Waals surface area contributed by atoms with E-state index in [0.29, 0.717) is 23.6 Å². The van der Waals surface area contributed by atoms with Crippen molar-refractivity contribution in [3.05, 3.63) is 34.1 Å². The fourth-order valence-electron chi connectivity index (χ4n) is 2.43. The Morgan fingerprint density at radius 2 is 2.12 bits per heavy atom. The van der Waals surface area contributed by atoms with Crippen molar-refractivity contribution < 1.29 is 13.9 Å². The molecule has 0 bridgehead atoms. The minimum Gasteiger partial charge on any atom is -0.444 e. The molecule has 2 rings (SSSR count). The van der Waals surface area contributed by atoms with Crippen LogP contribution in [0, 0.1) is 5.82 Å². The predicted octanol–water partition coefficient (Wildman–Crippen LogP) is 4.64. The van der Waals surface area contributed by atoms with Gasteiger partial charge in [-0.05, 0) is 74.2 Å². The monoisotopic (exact) mass is 400 g/mol. The molecule has 1 aromatic rings. The summed E-state index contributed by atoms with van der Waals surface area (Å²) >= 11 is 3.21. The maximum Gasteiger partial charge on any atom is 0.410 e. The molecule has 0 aliphatic heterocycles. The number of carbonyl (C=O) groups is 1. The average molecular weight is 401 g/mol. The number of nitrogens with zero attached hydrogens (tertiary/aromatic N) is 1. The second-order valence-corrected chi connectivity index (χ2v) is 8.11. The third kappa shape index (κ3) is 5.74. The summed E-state index contributed by atoms with van der Waals surface area (Å²) in [6, 6.07) is 5.37. The highest BCUT2D eigenvalue weighted by Crippen LogP contribution is 2.28. The molecule has 1 amide bonds. The summed E-state index contributed by atoms with van der Waals surface area (Å²) in [6.45, 7) is 8.92. The number of carbonyl (C=O) groups excluding carboxylic acids is 1. The lowest BCUT2D eigenvalue weighted by atomic mass is 10.1. The van der Waals surface area contributed by atoms with E-state index in [-0.39, 0.29) is 18.0 Å². The van der Waals surface area contributed by atoms with Gasteiger partial charge in [0.25, 0.3) is 0 Å². The first-order valence-corrected chi connectivity index (χ1v) is 9.14. The Hall–Kier alpha value is -1.14. The second kappa shape index (κ2) is 7.83. The van der Waals surface area contributed by atoms with Crippen LogP contribution >= 0.6 is 15.9 Å². The Morgan fingerprint density at radius 1 is 1.46 bits per heavy atom. The van der Waals surface area contributed by atoms with Crippen LogP contribution in [-0.2, 0) is 4.74 Å². The van der Waals surface area contributed by atoms with E-state index in [0.717, 1.165) is 18.4 Å². The molecule has 1 fully saturated rings. The number of ether oxygens (including phenoxy) is 1. The van der Waals surface area contributed by atoms with Crippen LogP contribution in [0.3, 0.4) is 0 Å². The molecular formula is C18H26BrFN2O2. The number of rotatable bonds is 6. The number of benzene rings is 1.